The average molecular weight is 255 g/mol. The molecule has 18 heavy (non-hydrogen) atoms. The van der Waals surface area contributed by atoms with Gasteiger partial charge in [0, 0.05) is 5.56 Å². The fourth-order valence-corrected chi connectivity index (χ4v) is 2.99. The van der Waals surface area contributed by atoms with Gasteiger partial charge >= 0.3 is 0 Å². The summed E-state index contributed by atoms with van der Waals surface area (Å²) in [6.45, 7) is 6.98. The largest absolute Gasteiger partial charge is 0.296 e. The second-order valence-corrected chi connectivity index (χ2v) is 10.5. The van der Waals surface area contributed by atoms with Gasteiger partial charge in [-0.15, -0.1) is 0 Å². The second-order valence-electron chi connectivity index (χ2n) is 5.39. The van der Waals surface area contributed by atoms with Gasteiger partial charge in [0.2, 0.25) is 0 Å². The molecule has 0 aliphatic heterocycles. The number of hydrogen-bond acceptors (Lipinski definition) is 2. The highest BCUT2D eigenvalue weighted by Crippen LogP contribution is 2.16. The van der Waals surface area contributed by atoms with Crippen LogP contribution in [-0.2, 0) is 0 Å². The molecule has 0 unspecified atom stereocenters. The van der Waals surface area contributed by atoms with Gasteiger partial charge in [0.1, 0.15) is 5.69 Å². The highest BCUT2D eigenvalue weighted by molar-refractivity contribution is 6.88. The van der Waals surface area contributed by atoms with Crippen LogP contribution in [0.5, 0.6) is 0 Å². The van der Waals surface area contributed by atoms with Crippen LogP contribution in [-0.4, -0.2) is 19.3 Å². The molecule has 0 atom stereocenters. The molecule has 0 fully saturated rings. The minimum Gasteiger partial charge on any atom is -0.296 e. The summed E-state index contributed by atoms with van der Waals surface area (Å²) in [6, 6.07) is 14.0. The summed E-state index contributed by atoms with van der Waals surface area (Å²) < 4.78 is 0. The van der Waals surface area contributed by atoms with E-state index in [4.69, 9.17) is 0 Å². The van der Waals surface area contributed by atoms with E-state index < -0.39 is 8.07 Å². The minimum atomic E-state index is -1.25. The van der Waals surface area contributed by atoms with Crippen LogP contribution in [0.1, 0.15) is 10.5 Å². The van der Waals surface area contributed by atoms with Crippen LogP contribution < -0.4 is 5.19 Å². The summed E-state index contributed by atoms with van der Waals surface area (Å²) in [5.41, 5.74) is 2.38. The Kier molecular flexibility index (Phi) is 3.43. The molecule has 2 rings (SSSR count). The van der Waals surface area contributed by atoms with Gasteiger partial charge < -0.3 is 0 Å². The number of hydrogen-bond donors (Lipinski definition) is 0. The molecule has 0 amide bonds. The van der Waals surface area contributed by atoms with Gasteiger partial charge in [-0.3, -0.25) is 4.79 Å². The Hall–Kier alpha value is -1.74. The zero-order valence-corrected chi connectivity index (χ0v) is 12.0. The van der Waals surface area contributed by atoms with Crippen LogP contribution >= 0.6 is 0 Å². The molecule has 0 aliphatic rings. The van der Waals surface area contributed by atoms with Crippen molar-refractivity contribution >= 4 is 19.5 Å². The second kappa shape index (κ2) is 4.86. The van der Waals surface area contributed by atoms with Gasteiger partial charge in [-0.1, -0.05) is 55.2 Å². The van der Waals surface area contributed by atoms with Crippen molar-refractivity contribution in [1.82, 2.24) is 4.98 Å². The Balaban J connectivity index is 2.37. The van der Waals surface area contributed by atoms with Crippen LogP contribution in [0.2, 0.25) is 19.6 Å². The summed E-state index contributed by atoms with van der Waals surface area (Å²) in [5.74, 6) is 0. The van der Waals surface area contributed by atoms with Gasteiger partial charge in [-0.25, -0.2) is 4.98 Å². The Labute approximate surface area is 109 Å². The summed E-state index contributed by atoms with van der Waals surface area (Å²) in [5, 5.41) is 1.43. The third-order valence-electron chi connectivity index (χ3n) is 2.94. The average Bonchev–Trinajstić information content (AvgIpc) is 2.38. The van der Waals surface area contributed by atoms with Crippen molar-refractivity contribution in [2.45, 2.75) is 19.6 Å². The molecule has 0 N–H and O–H groups in total. The van der Waals surface area contributed by atoms with Gasteiger partial charge in [0.25, 0.3) is 0 Å². The van der Waals surface area contributed by atoms with Crippen LogP contribution in [0, 0.1) is 0 Å². The maximum Gasteiger partial charge on any atom is 0.168 e. The van der Waals surface area contributed by atoms with E-state index in [1.54, 1.807) is 6.07 Å². The van der Waals surface area contributed by atoms with Crippen LogP contribution in [0.15, 0.2) is 42.5 Å². The van der Waals surface area contributed by atoms with Crippen molar-refractivity contribution in [1.29, 1.82) is 0 Å². The molecule has 0 saturated heterocycles. The first-order chi connectivity index (χ1) is 8.50. The van der Waals surface area contributed by atoms with Crippen molar-refractivity contribution in [3.05, 3.63) is 48.2 Å². The molecule has 1 aromatic heterocycles. The number of rotatable bonds is 3. The van der Waals surface area contributed by atoms with E-state index in [0.717, 1.165) is 17.5 Å². The number of carbonyl (C=O) groups is 1. The predicted molar refractivity (Wildman–Crippen MR) is 78.0 cm³/mol. The first-order valence-electron chi connectivity index (χ1n) is 6.04. The molecule has 2 nitrogen and oxygen atoms in total. The number of carbonyl (C=O) groups excluding carboxylic acids is 1. The molecule has 2 aromatic rings. The Morgan fingerprint density at radius 3 is 2.22 bits per heavy atom. The molecular weight excluding hydrogens is 238 g/mol. The van der Waals surface area contributed by atoms with Crippen molar-refractivity contribution in [3.63, 3.8) is 0 Å². The van der Waals surface area contributed by atoms with E-state index in [1.165, 1.54) is 5.19 Å². The number of aldehydes is 1. The van der Waals surface area contributed by atoms with Gasteiger partial charge in [0.15, 0.2) is 6.29 Å². The third-order valence-corrected chi connectivity index (χ3v) is 5.00. The zero-order valence-electron chi connectivity index (χ0n) is 11.0. The summed E-state index contributed by atoms with van der Waals surface area (Å²) >= 11 is 0. The zero-order chi connectivity index (χ0) is 13.2. The van der Waals surface area contributed by atoms with Gasteiger partial charge in [-0.2, -0.15) is 0 Å². The molecule has 0 aliphatic carbocycles. The highest BCUT2D eigenvalue weighted by Gasteiger charge is 2.15. The molecule has 92 valence electrons. The van der Waals surface area contributed by atoms with Gasteiger partial charge in [0.05, 0.1) is 13.8 Å². The smallest absolute Gasteiger partial charge is 0.168 e. The fourth-order valence-electron chi connectivity index (χ4n) is 1.82. The Morgan fingerprint density at radius 2 is 1.67 bits per heavy atom. The topological polar surface area (TPSA) is 30.0 Å². The molecule has 3 heteroatoms. The number of nitrogens with zero attached hydrogens (tertiary/aromatic N) is 1. The van der Waals surface area contributed by atoms with Crippen molar-refractivity contribution in [2.75, 3.05) is 0 Å². The number of pyridine rings is 1. The summed E-state index contributed by atoms with van der Waals surface area (Å²) in [7, 11) is -1.25. The van der Waals surface area contributed by atoms with Crippen LogP contribution in [0.3, 0.4) is 0 Å². The maximum absolute atomic E-state index is 10.7. The fraction of sp³-hybridized carbons (Fsp3) is 0.200. The Morgan fingerprint density at radius 1 is 1.00 bits per heavy atom. The van der Waals surface area contributed by atoms with Crippen LogP contribution in [0.4, 0.5) is 0 Å². The molecule has 1 heterocycles. The monoisotopic (exact) mass is 255 g/mol. The van der Waals surface area contributed by atoms with Crippen molar-refractivity contribution in [3.8, 4) is 11.3 Å². The highest BCUT2D eigenvalue weighted by atomic mass is 28.3. The summed E-state index contributed by atoms with van der Waals surface area (Å²) in [4.78, 5) is 15.0. The van der Waals surface area contributed by atoms with Crippen molar-refractivity contribution < 1.29 is 4.79 Å². The lowest BCUT2D eigenvalue weighted by Crippen LogP contribution is -2.37. The van der Waals surface area contributed by atoms with E-state index in [1.807, 2.05) is 12.1 Å². The first kappa shape index (κ1) is 12.7. The standard InChI is InChI=1S/C15H17NOSi/c1-18(2,3)14-9-7-12(8-10-14)15-6-4-5-13(11-17)16-15/h4-11H,1-3H3. The number of aromatic nitrogens is 1. The lowest BCUT2D eigenvalue weighted by atomic mass is 10.1. The number of benzene rings is 1. The first-order valence-corrected chi connectivity index (χ1v) is 9.54. The van der Waals surface area contributed by atoms with E-state index in [9.17, 15) is 4.79 Å². The SMILES string of the molecule is C[Si](C)(C)c1ccc(-c2cccc(C=O)n2)cc1. The maximum atomic E-state index is 10.7. The normalized spacial score (nSPS) is 11.3. The van der Waals surface area contributed by atoms with E-state index in [-0.39, 0.29) is 0 Å². The van der Waals surface area contributed by atoms with Crippen LogP contribution in [0.25, 0.3) is 11.3 Å². The van der Waals surface area contributed by atoms with Crippen molar-refractivity contribution in [2.24, 2.45) is 0 Å². The third kappa shape index (κ3) is 2.74. The molecule has 0 spiro atoms. The van der Waals surface area contributed by atoms with E-state index >= 15 is 0 Å². The quantitative estimate of drug-likeness (QED) is 0.623. The van der Waals surface area contributed by atoms with E-state index in [2.05, 4.69) is 48.9 Å². The van der Waals surface area contributed by atoms with Gasteiger partial charge in [-0.05, 0) is 12.1 Å². The molecule has 1 aromatic carbocycles. The Bertz CT molecular complexity index is 555. The molecule has 0 bridgehead atoms. The molecular formula is C15H17NOSi. The summed E-state index contributed by atoms with van der Waals surface area (Å²) in [6.07, 6.45) is 0.778. The lowest BCUT2D eigenvalue weighted by molar-refractivity contribution is 0.111. The van der Waals surface area contributed by atoms with E-state index in [0.29, 0.717) is 5.69 Å². The molecule has 0 radical (unpaired) electrons. The minimum absolute atomic E-state index is 0.474. The molecule has 0 saturated carbocycles. The predicted octanol–water partition coefficient (Wildman–Crippen LogP) is 3.11. The lowest BCUT2D eigenvalue weighted by Gasteiger charge is -2.16.